The number of unbranched alkanes of at least 4 members (excludes halogenated alkanes) is 1. The fourth-order valence-electron chi connectivity index (χ4n) is 1.97. The highest BCUT2D eigenvalue weighted by molar-refractivity contribution is 5.39. The molecule has 1 N–H and O–H groups in total. The fourth-order valence-corrected chi connectivity index (χ4v) is 1.97. The molecule has 0 saturated heterocycles. The van der Waals surface area contributed by atoms with E-state index in [4.69, 9.17) is 9.47 Å². The highest BCUT2D eigenvalue weighted by Gasteiger charge is 2.03. The van der Waals surface area contributed by atoms with Gasteiger partial charge in [-0.15, -0.1) is 0 Å². The summed E-state index contributed by atoms with van der Waals surface area (Å²) in [4.78, 5) is 0. The molecule has 0 aliphatic carbocycles. The van der Waals surface area contributed by atoms with Crippen LogP contribution in [0.3, 0.4) is 0 Å². The lowest BCUT2D eigenvalue weighted by molar-refractivity contribution is 0.283. The van der Waals surface area contributed by atoms with E-state index in [1.165, 1.54) is 19.3 Å². The van der Waals surface area contributed by atoms with E-state index in [1.807, 2.05) is 24.3 Å². The van der Waals surface area contributed by atoms with Crippen LogP contribution in [-0.2, 0) is 0 Å². The molecule has 0 spiro atoms. The number of methoxy groups -OCH3 is 1. The minimum Gasteiger partial charge on any atom is -0.493 e. The minimum atomic E-state index is 0.603. The first-order chi connectivity index (χ1) is 9.27. The number of para-hydroxylation sites is 2. The van der Waals surface area contributed by atoms with E-state index in [-0.39, 0.29) is 0 Å². The second-order valence-corrected chi connectivity index (χ2v) is 4.85. The third-order valence-electron chi connectivity index (χ3n) is 3.10. The van der Waals surface area contributed by atoms with Gasteiger partial charge in [-0.25, -0.2) is 0 Å². The van der Waals surface area contributed by atoms with Crippen LogP contribution in [0, 0.1) is 0 Å². The molecule has 19 heavy (non-hydrogen) atoms. The Bertz CT molecular complexity index is 341. The van der Waals surface area contributed by atoms with Gasteiger partial charge < -0.3 is 14.8 Å². The zero-order valence-corrected chi connectivity index (χ0v) is 12.4. The first kappa shape index (κ1) is 15.8. The Kier molecular flexibility index (Phi) is 8.07. The molecule has 0 aliphatic heterocycles. The van der Waals surface area contributed by atoms with Crippen molar-refractivity contribution in [3.8, 4) is 11.5 Å². The van der Waals surface area contributed by atoms with Crippen molar-refractivity contribution in [2.45, 2.75) is 45.6 Å². The molecule has 1 unspecified atom stereocenters. The highest BCUT2D eigenvalue weighted by Crippen LogP contribution is 2.25. The summed E-state index contributed by atoms with van der Waals surface area (Å²) in [5.41, 5.74) is 0. The molecule has 0 saturated carbocycles. The molecule has 0 fully saturated rings. The second kappa shape index (κ2) is 9.68. The standard InChI is InChI=1S/C16H27NO2/c1-4-12-17-14(2)9-7-8-13-19-16-11-6-5-10-15(16)18-3/h5-6,10-11,14,17H,4,7-9,12-13H2,1-3H3. The molecule has 0 amide bonds. The number of hydrogen-bond donors (Lipinski definition) is 1. The average molecular weight is 265 g/mol. The highest BCUT2D eigenvalue weighted by atomic mass is 16.5. The van der Waals surface area contributed by atoms with Gasteiger partial charge in [-0.2, -0.15) is 0 Å². The maximum Gasteiger partial charge on any atom is 0.161 e. The third kappa shape index (κ3) is 6.48. The van der Waals surface area contributed by atoms with Gasteiger partial charge in [0.05, 0.1) is 13.7 Å². The van der Waals surface area contributed by atoms with Crippen molar-refractivity contribution >= 4 is 0 Å². The van der Waals surface area contributed by atoms with E-state index in [9.17, 15) is 0 Å². The Morgan fingerprint density at radius 1 is 1.16 bits per heavy atom. The average Bonchev–Trinajstić information content (AvgIpc) is 2.45. The quantitative estimate of drug-likeness (QED) is 0.655. The molecule has 1 aromatic rings. The smallest absolute Gasteiger partial charge is 0.161 e. The molecule has 0 radical (unpaired) electrons. The normalized spacial score (nSPS) is 12.2. The van der Waals surface area contributed by atoms with E-state index in [2.05, 4.69) is 19.2 Å². The fraction of sp³-hybridized carbons (Fsp3) is 0.625. The molecule has 1 rings (SSSR count). The van der Waals surface area contributed by atoms with Crippen LogP contribution in [0.4, 0.5) is 0 Å². The topological polar surface area (TPSA) is 30.5 Å². The van der Waals surface area contributed by atoms with Gasteiger partial charge in [-0.05, 0) is 51.3 Å². The Morgan fingerprint density at radius 2 is 1.89 bits per heavy atom. The first-order valence-electron chi connectivity index (χ1n) is 7.27. The van der Waals surface area contributed by atoms with E-state index >= 15 is 0 Å². The molecule has 3 nitrogen and oxygen atoms in total. The van der Waals surface area contributed by atoms with Gasteiger partial charge in [0, 0.05) is 6.04 Å². The van der Waals surface area contributed by atoms with E-state index in [1.54, 1.807) is 7.11 Å². The van der Waals surface area contributed by atoms with Crippen molar-refractivity contribution in [2.75, 3.05) is 20.3 Å². The van der Waals surface area contributed by atoms with Crippen LogP contribution in [0.15, 0.2) is 24.3 Å². The van der Waals surface area contributed by atoms with E-state index in [0.29, 0.717) is 6.04 Å². The predicted molar refractivity (Wildman–Crippen MR) is 80.1 cm³/mol. The molecule has 0 aliphatic rings. The molecule has 3 heteroatoms. The maximum absolute atomic E-state index is 5.75. The molecule has 0 bridgehead atoms. The Labute approximate surface area is 117 Å². The Hall–Kier alpha value is -1.22. The Morgan fingerprint density at radius 3 is 2.58 bits per heavy atom. The lowest BCUT2D eigenvalue weighted by Gasteiger charge is -2.13. The van der Waals surface area contributed by atoms with Crippen LogP contribution in [0.1, 0.15) is 39.5 Å². The van der Waals surface area contributed by atoms with Crippen molar-refractivity contribution in [2.24, 2.45) is 0 Å². The summed E-state index contributed by atoms with van der Waals surface area (Å²) in [5.74, 6) is 1.64. The molecule has 1 atom stereocenters. The first-order valence-corrected chi connectivity index (χ1v) is 7.27. The van der Waals surface area contributed by atoms with Gasteiger partial charge in [0.1, 0.15) is 0 Å². The molecule has 0 heterocycles. The zero-order valence-electron chi connectivity index (χ0n) is 12.4. The van der Waals surface area contributed by atoms with Crippen molar-refractivity contribution in [1.29, 1.82) is 0 Å². The molecular weight excluding hydrogens is 238 g/mol. The summed E-state index contributed by atoms with van der Waals surface area (Å²) in [7, 11) is 1.67. The summed E-state index contributed by atoms with van der Waals surface area (Å²) in [6.45, 7) is 6.30. The third-order valence-corrected chi connectivity index (χ3v) is 3.10. The number of hydrogen-bond acceptors (Lipinski definition) is 3. The van der Waals surface area contributed by atoms with Crippen LogP contribution in [-0.4, -0.2) is 26.3 Å². The van der Waals surface area contributed by atoms with Gasteiger partial charge in [0.15, 0.2) is 11.5 Å². The van der Waals surface area contributed by atoms with E-state index in [0.717, 1.165) is 31.1 Å². The lowest BCUT2D eigenvalue weighted by atomic mass is 10.1. The lowest BCUT2D eigenvalue weighted by Crippen LogP contribution is -2.26. The maximum atomic E-state index is 5.75. The molecular formula is C16H27NO2. The van der Waals surface area contributed by atoms with E-state index < -0.39 is 0 Å². The van der Waals surface area contributed by atoms with Crippen molar-refractivity contribution in [3.05, 3.63) is 24.3 Å². The van der Waals surface area contributed by atoms with Crippen molar-refractivity contribution in [1.82, 2.24) is 5.32 Å². The van der Waals surface area contributed by atoms with Gasteiger partial charge in [-0.1, -0.05) is 19.1 Å². The summed E-state index contributed by atoms with van der Waals surface area (Å²) in [6, 6.07) is 8.39. The van der Waals surface area contributed by atoms with Crippen LogP contribution in [0.25, 0.3) is 0 Å². The molecule has 0 aromatic heterocycles. The van der Waals surface area contributed by atoms with Crippen molar-refractivity contribution < 1.29 is 9.47 Å². The summed E-state index contributed by atoms with van der Waals surface area (Å²) < 4.78 is 11.0. The van der Waals surface area contributed by atoms with Gasteiger partial charge in [0.2, 0.25) is 0 Å². The van der Waals surface area contributed by atoms with Crippen LogP contribution >= 0.6 is 0 Å². The molecule has 108 valence electrons. The van der Waals surface area contributed by atoms with Gasteiger partial charge >= 0.3 is 0 Å². The summed E-state index contributed by atoms with van der Waals surface area (Å²) >= 11 is 0. The van der Waals surface area contributed by atoms with Crippen LogP contribution in [0.5, 0.6) is 11.5 Å². The number of rotatable bonds is 10. The number of nitrogens with one attached hydrogen (secondary N) is 1. The Balaban J connectivity index is 2.13. The summed E-state index contributed by atoms with van der Waals surface area (Å²) in [5, 5.41) is 3.50. The largest absolute Gasteiger partial charge is 0.493 e. The number of benzene rings is 1. The van der Waals surface area contributed by atoms with Gasteiger partial charge in [0.25, 0.3) is 0 Å². The molecule has 1 aromatic carbocycles. The zero-order chi connectivity index (χ0) is 13.9. The second-order valence-electron chi connectivity index (χ2n) is 4.85. The predicted octanol–water partition coefficient (Wildman–Crippen LogP) is 3.63. The van der Waals surface area contributed by atoms with Gasteiger partial charge in [-0.3, -0.25) is 0 Å². The van der Waals surface area contributed by atoms with Crippen LogP contribution < -0.4 is 14.8 Å². The van der Waals surface area contributed by atoms with Crippen molar-refractivity contribution in [3.63, 3.8) is 0 Å². The van der Waals surface area contributed by atoms with Crippen LogP contribution in [0.2, 0.25) is 0 Å². The summed E-state index contributed by atoms with van der Waals surface area (Å²) in [6.07, 6.45) is 4.67. The minimum absolute atomic E-state index is 0.603. The SMILES string of the molecule is CCCNC(C)CCCCOc1ccccc1OC. The number of ether oxygens (including phenoxy) is 2. The monoisotopic (exact) mass is 265 g/mol.